The summed E-state index contributed by atoms with van der Waals surface area (Å²) in [4.78, 5) is 3.88. The molecule has 2 fully saturated rings. The van der Waals surface area contributed by atoms with Crippen LogP contribution in [0.3, 0.4) is 0 Å². The van der Waals surface area contributed by atoms with Gasteiger partial charge < -0.3 is 18.8 Å². The number of aryl methyl sites for hydroxylation is 1. The van der Waals surface area contributed by atoms with Crippen LogP contribution in [0.2, 0.25) is 0 Å². The minimum absolute atomic E-state index is 0.0959. The minimum atomic E-state index is -2.75. The Bertz CT molecular complexity index is 766. The number of thiazole rings is 1. The maximum Gasteiger partial charge on any atom is 0.507 e. The van der Waals surface area contributed by atoms with E-state index >= 15 is 0 Å². The van der Waals surface area contributed by atoms with Gasteiger partial charge in [-0.3, -0.25) is 0 Å². The van der Waals surface area contributed by atoms with Crippen molar-refractivity contribution in [3.05, 3.63) is 5.69 Å². The van der Waals surface area contributed by atoms with E-state index in [1.165, 1.54) is 0 Å². The van der Waals surface area contributed by atoms with Gasteiger partial charge in [0.05, 0.1) is 41.6 Å². The first-order chi connectivity index (χ1) is 12.3. The lowest BCUT2D eigenvalue weighted by Gasteiger charge is -2.32. The molecule has 3 rings (SSSR count). The second kappa shape index (κ2) is 4.69. The van der Waals surface area contributed by atoms with E-state index in [0.29, 0.717) is 11.3 Å². The van der Waals surface area contributed by atoms with Gasteiger partial charge in [0.15, 0.2) is 0 Å². The standard InChI is InChI=1S/C13H20BNO4S/c1-8-10(14-18-12(2,3)13(4,5)19-14)20-11(15-8)17-9-6-16-7-9/h9H,6-7H2,1-5H3/i1D3,6D2,7D2,9D. The first-order valence-electron chi connectivity index (χ1n) is 10.1. The zero-order valence-corrected chi connectivity index (χ0v) is 12.4. The summed E-state index contributed by atoms with van der Waals surface area (Å²) >= 11 is 0.711. The Balaban J connectivity index is 1.99. The van der Waals surface area contributed by atoms with E-state index in [9.17, 15) is 0 Å². The SMILES string of the molecule is [2H]C([2H])([2H])c1nc(OC2([2H])C([2H])([2H])OC2([2H])[2H])sc1B1OC(C)(C)C(C)(C)O1. The van der Waals surface area contributed by atoms with Crippen molar-refractivity contribution in [3.63, 3.8) is 0 Å². The molecule has 0 atom stereocenters. The molecule has 110 valence electrons. The molecular weight excluding hydrogens is 277 g/mol. The summed E-state index contributed by atoms with van der Waals surface area (Å²) in [5.74, 6) is 0. The second-order valence-corrected chi connectivity index (χ2v) is 6.51. The summed E-state index contributed by atoms with van der Waals surface area (Å²) in [6.45, 7) is -0.940. The fourth-order valence-corrected chi connectivity index (χ4v) is 2.47. The molecule has 0 saturated carbocycles. The molecule has 0 N–H and O–H groups in total. The third-order valence-corrected chi connectivity index (χ3v) is 4.53. The monoisotopic (exact) mass is 305 g/mol. The molecule has 0 radical (unpaired) electrons. The van der Waals surface area contributed by atoms with Crippen LogP contribution in [0.4, 0.5) is 0 Å². The molecule has 20 heavy (non-hydrogen) atoms. The Labute approximate surface area is 135 Å². The number of ether oxygens (including phenoxy) is 2. The molecule has 0 unspecified atom stereocenters. The van der Waals surface area contributed by atoms with Gasteiger partial charge >= 0.3 is 7.12 Å². The molecule has 1 aromatic heterocycles. The third kappa shape index (κ3) is 2.37. The van der Waals surface area contributed by atoms with E-state index in [1.54, 1.807) is 27.7 Å². The van der Waals surface area contributed by atoms with E-state index in [-0.39, 0.29) is 15.7 Å². The van der Waals surface area contributed by atoms with Gasteiger partial charge in [-0.25, -0.2) is 4.98 Å². The van der Waals surface area contributed by atoms with Crippen molar-refractivity contribution in [1.82, 2.24) is 4.98 Å². The normalized spacial score (nSPS) is 37.9. The molecule has 0 spiro atoms. The molecule has 0 amide bonds. The smallest absolute Gasteiger partial charge is 0.462 e. The summed E-state index contributed by atoms with van der Waals surface area (Å²) in [6.07, 6.45) is -2.75. The van der Waals surface area contributed by atoms with Gasteiger partial charge in [-0.2, -0.15) is 0 Å². The molecule has 0 aliphatic carbocycles. The Morgan fingerprint density at radius 3 is 2.60 bits per heavy atom. The van der Waals surface area contributed by atoms with Crippen molar-refractivity contribution in [2.45, 2.75) is 51.8 Å². The van der Waals surface area contributed by atoms with Crippen molar-refractivity contribution >= 4 is 23.2 Å². The van der Waals surface area contributed by atoms with Crippen LogP contribution in [0.5, 0.6) is 5.19 Å². The molecule has 2 aliphatic heterocycles. The fourth-order valence-electron chi connectivity index (χ4n) is 1.69. The van der Waals surface area contributed by atoms with E-state index in [2.05, 4.69) is 9.72 Å². The lowest BCUT2D eigenvalue weighted by Crippen LogP contribution is -2.41. The maximum atomic E-state index is 8.04. The predicted molar refractivity (Wildman–Crippen MR) is 77.8 cm³/mol. The summed E-state index contributed by atoms with van der Waals surface area (Å²) in [5, 5.41) is -0.387. The molecule has 0 aromatic carbocycles. The lowest BCUT2D eigenvalue weighted by molar-refractivity contribution is -0.0797. The van der Waals surface area contributed by atoms with Gasteiger partial charge in [-0.05, 0) is 34.5 Å². The molecule has 1 aromatic rings. The Morgan fingerprint density at radius 2 is 2.05 bits per heavy atom. The van der Waals surface area contributed by atoms with Crippen LogP contribution in [0, 0.1) is 6.85 Å². The van der Waals surface area contributed by atoms with E-state index in [0.717, 1.165) is 0 Å². The summed E-state index contributed by atoms with van der Waals surface area (Å²) in [7, 11) is -1.05. The van der Waals surface area contributed by atoms with Crippen LogP contribution in [-0.4, -0.2) is 42.5 Å². The average molecular weight is 305 g/mol. The predicted octanol–water partition coefficient (Wildman–Crippen LogP) is 1.53. The van der Waals surface area contributed by atoms with Crippen LogP contribution >= 0.6 is 11.3 Å². The fraction of sp³-hybridized carbons (Fsp3) is 0.769. The molecule has 0 bridgehead atoms. The molecule has 3 heterocycles. The highest BCUT2D eigenvalue weighted by Crippen LogP contribution is 2.37. The van der Waals surface area contributed by atoms with Crippen LogP contribution in [0.15, 0.2) is 0 Å². The highest BCUT2D eigenvalue weighted by Gasteiger charge is 2.53. The second-order valence-electron chi connectivity index (χ2n) is 5.52. The quantitative estimate of drug-likeness (QED) is 0.793. The zero-order valence-electron chi connectivity index (χ0n) is 19.6. The summed E-state index contributed by atoms with van der Waals surface area (Å²) < 4.78 is 83.0. The zero-order chi connectivity index (χ0) is 21.6. The van der Waals surface area contributed by atoms with Crippen molar-refractivity contribution in [2.75, 3.05) is 13.1 Å². The van der Waals surface area contributed by atoms with Crippen molar-refractivity contribution < 1.29 is 29.7 Å². The van der Waals surface area contributed by atoms with Gasteiger partial charge in [-0.15, -0.1) is 0 Å². The topological polar surface area (TPSA) is 49.8 Å². The molecule has 5 nitrogen and oxygen atoms in total. The number of rotatable bonds is 3. The van der Waals surface area contributed by atoms with Crippen molar-refractivity contribution in [3.8, 4) is 5.19 Å². The Morgan fingerprint density at radius 1 is 1.40 bits per heavy atom. The highest BCUT2D eigenvalue weighted by molar-refractivity contribution is 7.23. The number of aromatic nitrogens is 1. The largest absolute Gasteiger partial charge is 0.507 e. The van der Waals surface area contributed by atoms with Gasteiger partial charge in [0, 0.05) is 4.11 Å². The minimum Gasteiger partial charge on any atom is -0.462 e. The van der Waals surface area contributed by atoms with Crippen LogP contribution in [-0.2, 0) is 14.0 Å². The van der Waals surface area contributed by atoms with Crippen LogP contribution in [0.1, 0.15) is 44.4 Å². The Kier molecular flexibility index (Phi) is 1.78. The average Bonchev–Trinajstić information content (AvgIpc) is 2.96. The van der Waals surface area contributed by atoms with E-state index in [1.807, 2.05) is 0 Å². The lowest BCUT2D eigenvalue weighted by atomic mass is 9.86. The van der Waals surface area contributed by atoms with E-state index in [4.69, 9.17) is 25.0 Å². The number of hydrogen-bond acceptors (Lipinski definition) is 6. The van der Waals surface area contributed by atoms with Crippen molar-refractivity contribution in [2.24, 2.45) is 0 Å². The highest BCUT2D eigenvalue weighted by atomic mass is 32.1. The van der Waals surface area contributed by atoms with Crippen LogP contribution < -0.4 is 9.51 Å². The number of nitrogens with zero attached hydrogens (tertiary/aromatic N) is 1. The molecular formula is C13H20BNO4S. The Hall–Kier alpha value is -0.625. The van der Waals surface area contributed by atoms with Gasteiger partial charge in [-0.1, -0.05) is 11.3 Å². The van der Waals surface area contributed by atoms with Crippen LogP contribution in [0.25, 0.3) is 0 Å². The molecule has 2 aliphatic rings. The van der Waals surface area contributed by atoms with Gasteiger partial charge in [0.2, 0.25) is 0 Å². The summed E-state index contributed by atoms with van der Waals surface area (Å²) in [6, 6.07) is 0. The van der Waals surface area contributed by atoms with Crippen molar-refractivity contribution in [1.29, 1.82) is 0 Å². The first kappa shape index (κ1) is 7.58. The molecule has 7 heteroatoms. The maximum absolute atomic E-state index is 8.04. The van der Waals surface area contributed by atoms with Gasteiger partial charge in [0.25, 0.3) is 5.19 Å². The molecule has 2 saturated heterocycles. The van der Waals surface area contributed by atoms with E-state index < -0.39 is 44.4 Å². The summed E-state index contributed by atoms with van der Waals surface area (Å²) in [5.41, 5.74) is -1.83. The first-order valence-corrected chi connectivity index (χ1v) is 6.91. The number of hydrogen-bond donors (Lipinski definition) is 0. The van der Waals surface area contributed by atoms with Gasteiger partial charge in [0.1, 0.15) is 6.08 Å². The third-order valence-electron chi connectivity index (χ3n) is 3.58.